The minimum atomic E-state index is -2.85. The van der Waals surface area contributed by atoms with Crippen molar-refractivity contribution in [1.29, 1.82) is 0 Å². The largest absolute Gasteiger partial charge is 0.435 e. The van der Waals surface area contributed by atoms with Crippen LogP contribution in [0.4, 0.5) is 8.78 Å². The minimum Gasteiger partial charge on any atom is -0.435 e. The molecule has 1 atom stereocenters. The number of aryl methyl sites for hydroxylation is 1. The van der Waals surface area contributed by atoms with E-state index in [4.69, 9.17) is 0 Å². The van der Waals surface area contributed by atoms with Crippen molar-refractivity contribution in [3.63, 3.8) is 0 Å². The van der Waals surface area contributed by atoms with E-state index in [0.29, 0.717) is 22.5 Å². The van der Waals surface area contributed by atoms with Crippen molar-refractivity contribution in [2.24, 2.45) is 0 Å². The molecule has 2 aromatic rings. The summed E-state index contributed by atoms with van der Waals surface area (Å²) < 4.78 is 28.7. The number of Topliss-reactive ketones (excluding diaryl/α,β-unsaturated/α-hetero) is 2. The number of aromatic nitrogens is 1. The quantitative estimate of drug-likeness (QED) is 0.645. The van der Waals surface area contributed by atoms with Gasteiger partial charge in [0.05, 0.1) is 11.4 Å². The molecule has 0 radical (unpaired) electrons. The zero-order valence-corrected chi connectivity index (χ0v) is 15.9. The Morgan fingerprint density at radius 2 is 1.81 bits per heavy atom. The molecule has 26 heavy (non-hydrogen) atoms. The molecule has 1 heterocycles. The number of hydrogen-bond donors (Lipinski definition) is 1. The van der Waals surface area contributed by atoms with Gasteiger partial charge in [0.2, 0.25) is 0 Å². The molecular weight excluding hydrogens is 360 g/mol. The molecule has 0 spiro atoms. The van der Waals surface area contributed by atoms with E-state index in [0.717, 1.165) is 5.56 Å². The monoisotopic (exact) mass is 381 g/mol. The zero-order valence-electron chi connectivity index (χ0n) is 15.1. The second-order valence-corrected chi connectivity index (χ2v) is 7.33. The number of benzene rings is 1. The topological polar surface area (TPSA) is 59.2 Å². The lowest BCUT2D eigenvalue weighted by molar-refractivity contribution is -0.0498. The number of H-pyrrole nitrogens is 1. The van der Waals surface area contributed by atoms with E-state index in [1.807, 2.05) is 6.92 Å². The number of rotatable bonds is 8. The summed E-state index contributed by atoms with van der Waals surface area (Å²) in [6, 6.07) is 6.38. The van der Waals surface area contributed by atoms with E-state index in [1.54, 1.807) is 26.0 Å². The molecule has 0 fully saturated rings. The normalized spacial score (nSPS) is 12.3. The third-order valence-corrected chi connectivity index (χ3v) is 5.31. The van der Waals surface area contributed by atoms with E-state index >= 15 is 0 Å². The maximum atomic E-state index is 12.5. The molecule has 1 unspecified atom stereocenters. The van der Waals surface area contributed by atoms with Crippen LogP contribution in [0.25, 0.3) is 0 Å². The van der Waals surface area contributed by atoms with Gasteiger partial charge in [-0.2, -0.15) is 8.78 Å². The highest BCUT2D eigenvalue weighted by molar-refractivity contribution is 8.00. The first-order chi connectivity index (χ1) is 12.2. The predicted octanol–water partition coefficient (Wildman–Crippen LogP) is 5.11. The molecule has 2 rings (SSSR count). The number of ether oxygens (including phenoxy) is 1. The third kappa shape index (κ3) is 4.72. The van der Waals surface area contributed by atoms with Gasteiger partial charge in [0.1, 0.15) is 5.75 Å². The van der Waals surface area contributed by atoms with Gasteiger partial charge >= 0.3 is 6.61 Å². The molecule has 140 valence electrons. The molecule has 1 aromatic heterocycles. The molecule has 0 aliphatic carbocycles. The SMILES string of the molecule is CC(=O)c1c(C)[nH]c(C(=O)CSC(C)c2ccc(OC(F)F)cc2)c1C. The Morgan fingerprint density at radius 1 is 1.19 bits per heavy atom. The van der Waals surface area contributed by atoms with Crippen molar-refractivity contribution >= 4 is 23.3 Å². The highest BCUT2D eigenvalue weighted by Crippen LogP contribution is 2.30. The number of ketones is 2. The number of thioether (sulfide) groups is 1. The molecule has 0 aliphatic heterocycles. The minimum absolute atomic E-state index is 0.00296. The lowest BCUT2D eigenvalue weighted by Gasteiger charge is -2.12. The lowest BCUT2D eigenvalue weighted by atomic mass is 10.1. The van der Waals surface area contributed by atoms with Crippen LogP contribution in [-0.2, 0) is 0 Å². The number of alkyl halides is 2. The number of hydrogen-bond acceptors (Lipinski definition) is 4. The molecule has 0 amide bonds. The highest BCUT2D eigenvalue weighted by Gasteiger charge is 2.20. The van der Waals surface area contributed by atoms with E-state index in [-0.39, 0.29) is 28.3 Å². The molecule has 0 saturated heterocycles. The molecule has 4 nitrogen and oxygen atoms in total. The van der Waals surface area contributed by atoms with E-state index in [2.05, 4.69) is 9.72 Å². The first kappa shape index (κ1) is 20.2. The van der Waals surface area contributed by atoms with Crippen molar-refractivity contribution in [2.75, 3.05) is 5.75 Å². The van der Waals surface area contributed by atoms with Gasteiger partial charge in [-0.15, -0.1) is 11.8 Å². The van der Waals surface area contributed by atoms with E-state index in [1.165, 1.54) is 30.8 Å². The average Bonchev–Trinajstić information content (AvgIpc) is 2.87. The summed E-state index contributed by atoms with van der Waals surface area (Å²) in [5.41, 5.74) is 3.33. The van der Waals surface area contributed by atoms with Gasteiger partial charge in [-0.3, -0.25) is 9.59 Å². The van der Waals surface area contributed by atoms with Gasteiger partial charge in [0.25, 0.3) is 0 Å². The fourth-order valence-electron chi connectivity index (χ4n) is 2.85. The van der Waals surface area contributed by atoms with Gasteiger partial charge in [-0.05, 0) is 51.0 Å². The summed E-state index contributed by atoms with van der Waals surface area (Å²) in [6.45, 7) is 4.12. The molecule has 1 N–H and O–H groups in total. The van der Waals surface area contributed by atoms with Crippen LogP contribution in [0.5, 0.6) is 5.75 Å². The average molecular weight is 381 g/mol. The van der Waals surface area contributed by atoms with Gasteiger partial charge in [0.15, 0.2) is 11.6 Å². The van der Waals surface area contributed by atoms with Crippen molar-refractivity contribution in [3.05, 3.63) is 52.3 Å². The van der Waals surface area contributed by atoms with Crippen LogP contribution in [0.2, 0.25) is 0 Å². The van der Waals surface area contributed by atoms with E-state index < -0.39 is 6.61 Å². The number of carbonyl (C=O) groups excluding carboxylic acids is 2. The number of aromatic amines is 1. The lowest BCUT2D eigenvalue weighted by Crippen LogP contribution is -2.07. The van der Waals surface area contributed by atoms with Gasteiger partial charge in [-0.25, -0.2) is 0 Å². The summed E-state index contributed by atoms with van der Waals surface area (Å²) >= 11 is 1.44. The third-order valence-electron chi connectivity index (χ3n) is 4.11. The fourth-order valence-corrected chi connectivity index (χ4v) is 3.74. The van der Waals surface area contributed by atoms with Crippen LogP contribution in [-0.4, -0.2) is 28.9 Å². The van der Waals surface area contributed by atoms with E-state index in [9.17, 15) is 18.4 Å². The summed E-state index contributed by atoms with van der Waals surface area (Å²) in [7, 11) is 0. The Kier molecular flexibility index (Phi) is 6.58. The Balaban J connectivity index is 2.01. The van der Waals surface area contributed by atoms with Crippen molar-refractivity contribution in [1.82, 2.24) is 4.98 Å². The second-order valence-electron chi connectivity index (χ2n) is 6.01. The van der Waals surface area contributed by atoms with Gasteiger partial charge < -0.3 is 9.72 Å². The first-order valence-corrected chi connectivity index (χ1v) is 9.15. The first-order valence-electron chi connectivity index (χ1n) is 8.10. The fraction of sp³-hybridized carbons (Fsp3) is 0.368. The van der Waals surface area contributed by atoms with Crippen molar-refractivity contribution in [3.8, 4) is 5.75 Å². The maximum Gasteiger partial charge on any atom is 0.387 e. The van der Waals surface area contributed by atoms with Crippen molar-refractivity contribution in [2.45, 2.75) is 39.6 Å². The van der Waals surface area contributed by atoms with Crippen LogP contribution in [0.1, 0.15) is 56.8 Å². The summed E-state index contributed by atoms with van der Waals surface area (Å²) in [5.74, 6) is 0.204. The Labute approximate surface area is 155 Å². The number of nitrogens with one attached hydrogen (secondary N) is 1. The summed E-state index contributed by atoms with van der Waals surface area (Å²) in [5, 5.41) is 0.00296. The van der Waals surface area contributed by atoms with Crippen LogP contribution >= 0.6 is 11.8 Å². The molecule has 0 aliphatic rings. The smallest absolute Gasteiger partial charge is 0.387 e. The number of carbonyl (C=O) groups is 2. The molecule has 1 aromatic carbocycles. The standard InChI is InChI=1S/C19H21F2NO3S/c1-10-17(12(3)23)11(2)22-18(10)16(24)9-26-13(4)14-5-7-15(8-6-14)25-19(20)21/h5-8,13,19,22H,9H2,1-4H3. The molecular formula is C19H21F2NO3S. The summed E-state index contributed by atoms with van der Waals surface area (Å²) in [6.07, 6.45) is 0. The Morgan fingerprint density at radius 3 is 2.31 bits per heavy atom. The molecule has 7 heteroatoms. The maximum absolute atomic E-state index is 12.5. The van der Waals surface area contributed by atoms with Crippen LogP contribution in [0.3, 0.4) is 0 Å². The van der Waals surface area contributed by atoms with Crippen LogP contribution in [0.15, 0.2) is 24.3 Å². The second kappa shape index (κ2) is 8.49. The van der Waals surface area contributed by atoms with Gasteiger partial charge in [-0.1, -0.05) is 12.1 Å². The number of halogens is 2. The molecule has 0 saturated carbocycles. The van der Waals surface area contributed by atoms with Crippen LogP contribution in [0, 0.1) is 13.8 Å². The zero-order chi connectivity index (χ0) is 19.4. The highest BCUT2D eigenvalue weighted by atomic mass is 32.2. The Bertz CT molecular complexity index is 800. The summed E-state index contributed by atoms with van der Waals surface area (Å²) in [4.78, 5) is 27.2. The van der Waals surface area contributed by atoms with Crippen molar-refractivity contribution < 1.29 is 23.1 Å². The Hall–Kier alpha value is -2.15. The molecule has 0 bridgehead atoms. The van der Waals surface area contributed by atoms with Crippen LogP contribution < -0.4 is 4.74 Å². The predicted molar refractivity (Wildman–Crippen MR) is 98.5 cm³/mol. The van der Waals surface area contributed by atoms with Gasteiger partial charge in [0, 0.05) is 16.5 Å².